The van der Waals surface area contributed by atoms with Crippen molar-refractivity contribution in [2.45, 2.75) is 12.3 Å². The van der Waals surface area contributed by atoms with Crippen LogP contribution < -0.4 is 10.5 Å². The van der Waals surface area contributed by atoms with E-state index in [1.165, 1.54) is 13.2 Å². The smallest absolute Gasteiger partial charge is 0.276 e. The minimum absolute atomic E-state index is 0.0913. The van der Waals surface area contributed by atoms with Gasteiger partial charge in [-0.15, -0.1) is 0 Å². The summed E-state index contributed by atoms with van der Waals surface area (Å²) in [5.41, 5.74) is 5.07. The van der Waals surface area contributed by atoms with Gasteiger partial charge in [-0.1, -0.05) is 6.92 Å². The van der Waals surface area contributed by atoms with Crippen LogP contribution in [0.1, 0.15) is 12.5 Å². The molecule has 1 atom stereocenters. The molecule has 0 aromatic heterocycles. The zero-order valence-electron chi connectivity index (χ0n) is 9.84. The summed E-state index contributed by atoms with van der Waals surface area (Å²) >= 11 is 0. The fraction of sp³-hybridized carbons (Fsp3) is 0.455. The highest BCUT2D eigenvalue weighted by molar-refractivity contribution is 5.50. The Balaban J connectivity index is 3.37. The zero-order valence-corrected chi connectivity index (χ0v) is 9.84. The summed E-state index contributed by atoms with van der Waals surface area (Å²) in [6.07, 6.45) is 0. The molecule has 1 rings (SSSR count). The second kappa shape index (κ2) is 5.11. The van der Waals surface area contributed by atoms with Gasteiger partial charge in [-0.05, 0) is 12.1 Å². The van der Waals surface area contributed by atoms with Gasteiger partial charge >= 0.3 is 0 Å². The molecule has 0 spiro atoms. The molecule has 0 bridgehead atoms. The highest BCUT2D eigenvalue weighted by Gasteiger charge is 2.31. The molecule has 0 saturated carbocycles. The number of aliphatic hydroxyl groups excluding tert-OH is 1. The Morgan fingerprint density at radius 1 is 1.59 bits per heavy atom. The molecule has 1 aromatic carbocycles. The summed E-state index contributed by atoms with van der Waals surface area (Å²) in [4.78, 5) is 10.5. The number of rotatable bonds is 5. The van der Waals surface area contributed by atoms with Crippen molar-refractivity contribution in [1.29, 1.82) is 0 Å². The molecule has 0 saturated heterocycles. The number of hydrogen-bond acceptors (Lipinski definition) is 5. The lowest BCUT2D eigenvalue weighted by Crippen LogP contribution is -2.36. The number of nitro groups is 1. The number of aliphatic hydroxyl groups is 1. The molecule has 0 amide bonds. The van der Waals surface area contributed by atoms with Crippen LogP contribution in [-0.4, -0.2) is 30.3 Å². The third kappa shape index (κ3) is 2.54. The van der Waals surface area contributed by atoms with Crippen LogP contribution in [0.2, 0.25) is 0 Å². The highest BCUT2D eigenvalue weighted by Crippen LogP contribution is 2.33. The standard InChI is InChI=1S/C11H16N2O4/c1-11(6-12,7-14)9-4-3-8(17-2)5-10(9)13(15)16/h3-5,14H,6-7,12H2,1-2H3. The van der Waals surface area contributed by atoms with Crippen molar-refractivity contribution in [2.24, 2.45) is 5.73 Å². The van der Waals surface area contributed by atoms with E-state index in [4.69, 9.17) is 10.5 Å². The highest BCUT2D eigenvalue weighted by atomic mass is 16.6. The molecule has 3 N–H and O–H groups in total. The Kier molecular flexibility index (Phi) is 4.03. The van der Waals surface area contributed by atoms with E-state index in [9.17, 15) is 15.2 Å². The number of nitro benzene ring substituents is 1. The monoisotopic (exact) mass is 240 g/mol. The fourth-order valence-corrected chi connectivity index (χ4v) is 1.56. The summed E-state index contributed by atoms with van der Waals surface area (Å²) in [5.74, 6) is 0.401. The SMILES string of the molecule is COc1ccc(C(C)(CN)CO)c([N+](=O)[O-])c1. The van der Waals surface area contributed by atoms with Crippen LogP contribution in [0.3, 0.4) is 0 Å². The van der Waals surface area contributed by atoms with E-state index in [-0.39, 0.29) is 18.8 Å². The van der Waals surface area contributed by atoms with E-state index >= 15 is 0 Å². The van der Waals surface area contributed by atoms with E-state index in [0.717, 1.165) is 0 Å². The molecule has 6 heteroatoms. The number of nitrogens with zero attached hydrogens (tertiary/aromatic N) is 1. The summed E-state index contributed by atoms with van der Waals surface area (Å²) in [5, 5.41) is 20.3. The average molecular weight is 240 g/mol. The third-order valence-corrected chi connectivity index (χ3v) is 2.85. The lowest BCUT2D eigenvalue weighted by atomic mass is 9.82. The fourth-order valence-electron chi connectivity index (χ4n) is 1.56. The first-order valence-electron chi connectivity index (χ1n) is 5.12. The van der Waals surface area contributed by atoms with Crippen molar-refractivity contribution < 1.29 is 14.8 Å². The lowest BCUT2D eigenvalue weighted by molar-refractivity contribution is -0.386. The van der Waals surface area contributed by atoms with Crippen LogP contribution in [0.15, 0.2) is 18.2 Å². The predicted octanol–water partition coefficient (Wildman–Crippen LogP) is 0.812. The number of ether oxygens (including phenoxy) is 1. The second-order valence-corrected chi connectivity index (χ2v) is 4.06. The zero-order chi connectivity index (χ0) is 13.1. The Labute approximate surface area is 99.2 Å². The second-order valence-electron chi connectivity index (χ2n) is 4.06. The van der Waals surface area contributed by atoms with Gasteiger partial charge in [0.15, 0.2) is 0 Å². The van der Waals surface area contributed by atoms with Crippen molar-refractivity contribution in [2.75, 3.05) is 20.3 Å². The van der Waals surface area contributed by atoms with E-state index in [2.05, 4.69) is 0 Å². The molecular weight excluding hydrogens is 224 g/mol. The Morgan fingerprint density at radius 3 is 2.65 bits per heavy atom. The van der Waals surface area contributed by atoms with Crippen molar-refractivity contribution in [1.82, 2.24) is 0 Å². The number of benzene rings is 1. The van der Waals surface area contributed by atoms with E-state index in [1.807, 2.05) is 0 Å². The quantitative estimate of drug-likeness (QED) is 0.586. The van der Waals surface area contributed by atoms with Gasteiger partial charge in [0.25, 0.3) is 5.69 Å². The topological polar surface area (TPSA) is 98.6 Å². The summed E-state index contributed by atoms with van der Waals surface area (Å²) in [6, 6.07) is 4.52. The van der Waals surface area contributed by atoms with Crippen molar-refractivity contribution in [3.05, 3.63) is 33.9 Å². The average Bonchev–Trinajstić information content (AvgIpc) is 2.37. The number of hydrogen-bond donors (Lipinski definition) is 2. The first-order chi connectivity index (χ1) is 7.98. The number of methoxy groups -OCH3 is 1. The van der Waals surface area contributed by atoms with Gasteiger partial charge in [0, 0.05) is 17.5 Å². The van der Waals surface area contributed by atoms with Crippen LogP contribution in [0.5, 0.6) is 5.75 Å². The van der Waals surface area contributed by atoms with Gasteiger partial charge in [-0.25, -0.2) is 0 Å². The molecule has 0 radical (unpaired) electrons. The maximum Gasteiger partial charge on any atom is 0.276 e. The number of nitrogens with two attached hydrogens (primary N) is 1. The largest absolute Gasteiger partial charge is 0.497 e. The third-order valence-electron chi connectivity index (χ3n) is 2.85. The maximum absolute atomic E-state index is 11.0. The van der Waals surface area contributed by atoms with Gasteiger partial charge in [0.2, 0.25) is 0 Å². The molecule has 1 aromatic rings. The molecule has 94 valence electrons. The Morgan fingerprint density at radius 2 is 2.24 bits per heavy atom. The Bertz CT molecular complexity index is 416. The van der Waals surface area contributed by atoms with Crippen LogP contribution >= 0.6 is 0 Å². The molecule has 1 unspecified atom stereocenters. The van der Waals surface area contributed by atoms with Crippen LogP contribution in [0.25, 0.3) is 0 Å². The van der Waals surface area contributed by atoms with Gasteiger partial charge < -0.3 is 15.6 Å². The van der Waals surface area contributed by atoms with Crippen molar-refractivity contribution >= 4 is 5.69 Å². The molecular formula is C11H16N2O4. The van der Waals surface area contributed by atoms with E-state index in [0.29, 0.717) is 11.3 Å². The van der Waals surface area contributed by atoms with Gasteiger partial charge in [0.05, 0.1) is 24.7 Å². The first-order valence-corrected chi connectivity index (χ1v) is 5.12. The van der Waals surface area contributed by atoms with Crippen LogP contribution in [0, 0.1) is 10.1 Å². The molecule has 0 aliphatic rings. The van der Waals surface area contributed by atoms with Gasteiger partial charge in [-0.2, -0.15) is 0 Å². The Hall–Kier alpha value is -1.66. The van der Waals surface area contributed by atoms with E-state index in [1.54, 1.807) is 19.1 Å². The lowest BCUT2D eigenvalue weighted by Gasteiger charge is -2.25. The molecule has 6 nitrogen and oxygen atoms in total. The predicted molar refractivity (Wildman–Crippen MR) is 63.1 cm³/mol. The minimum atomic E-state index is -0.825. The molecule has 17 heavy (non-hydrogen) atoms. The van der Waals surface area contributed by atoms with Gasteiger partial charge in [-0.3, -0.25) is 10.1 Å². The van der Waals surface area contributed by atoms with Crippen LogP contribution in [0.4, 0.5) is 5.69 Å². The first kappa shape index (κ1) is 13.4. The minimum Gasteiger partial charge on any atom is -0.497 e. The maximum atomic E-state index is 11.0. The van der Waals surface area contributed by atoms with Gasteiger partial charge in [0.1, 0.15) is 5.75 Å². The van der Waals surface area contributed by atoms with E-state index < -0.39 is 10.3 Å². The van der Waals surface area contributed by atoms with Crippen molar-refractivity contribution in [3.8, 4) is 5.75 Å². The van der Waals surface area contributed by atoms with Crippen LogP contribution in [-0.2, 0) is 5.41 Å². The molecule has 0 aliphatic carbocycles. The molecule has 0 aliphatic heterocycles. The molecule has 0 heterocycles. The summed E-state index contributed by atoms with van der Waals surface area (Å²) in [7, 11) is 1.44. The summed E-state index contributed by atoms with van der Waals surface area (Å²) in [6.45, 7) is 1.55. The summed E-state index contributed by atoms with van der Waals surface area (Å²) < 4.78 is 4.94. The van der Waals surface area contributed by atoms with Crippen molar-refractivity contribution in [3.63, 3.8) is 0 Å². The normalized spacial score (nSPS) is 14.1. The molecule has 0 fully saturated rings.